The van der Waals surface area contributed by atoms with E-state index in [9.17, 15) is 9.18 Å². The van der Waals surface area contributed by atoms with Gasteiger partial charge >= 0.3 is 0 Å². The van der Waals surface area contributed by atoms with Crippen molar-refractivity contribution in [1.82, 2.24) is 4.98 Å². The molecule has 0 radical (unpaired) electrons. The van der Waals surface area contributed by atoms with E-state index in [1.165, 1.54) is 12.1 Å². The minimum absolute atomic E-state index is 0.157. The van der Waals surface area contributed by atoms with Crippen molar-refractivity contribution in [3.8, 4) is 0 Å². The zero-order valence-corrected chi connectivity index (χ0v) is 9.98. The molecule has 2 N–H and O–H groups in total. The third kappa shape index (κ3) is 2.43. The van der Waals surface area contributed by atoms with Gasteiger partial charge in [0.25, 0.3) is 0 Å². The van der Waals surface area contributed by atoms with Crippen molar-refractivity contribution in [2.45, 2.75) is 13.5 Å². The molecule has 0 fully saturated rings. The zero-order chi connectivity index (χ0) is 13.1. The lowest BCUT2D eigenvalue weighted by molar-refractivity contribution is 0.103. The van der Waals surface area contributed by atoms with E-state index in [4.69, 9.17) is 5.73 Å². The standard InChI is InChI=1S/C14H13FN2O/c1-9-6-10(2-3-13(9)15)14(18)11-4-5-17-12(7-11)8-16/h2-7H,8,16H2,1H3. The number of carbonyl (C=O) groups is 1. The highest BCUT2D eigenvalue weighted by Crippen LogP contribution is 2.14. The second-order valence-electron chi connectivity index (χ2n) is 4.03. The summed E-state index contributed by atoms with van der Waals surface area (Å²) < 4.78 is 13.1. The van der Waals surface area contributed by atoms with E-state index in [1.807, 2.05) is 0 Å². The summed E-state index contributed by atoms with van der Waals surface area (Å²) >= 11 is 0. The van der Waals surface area contributed by atoms with E-state index in [0.717, 1.165) is 0 Å². The maximum Gasteiger partial charge on any atom is 0.193 e. The van der Waals surface area contributed by atoms with Crippen molar-refractivity contribution in [1.29, 1.82) is 0 Å². The highest BCUT2D eigenvalue weighted by atomic mass is 19.1. The third-order valence-corrected chi connectivity index (χ3v) is 2.71. The second kappa shape index (κ2) is 5.06. The Bertz CT molecular complexity index is 596. The molecule has 2 rings (SSSR count). The number of pyridine rings is 1. The molecule has 4 heteroatoms. The molecular weight excluding hydrogens is 231 g/mol. The van der Waals surface area contributed by atoms with Crippen LogP contribution in [0.5, 0.6) is 0 Å². The molecule has 0 atom stereocenters. The van der Waals surface area contributed by atoms with Gasteiger partial charge in [-0.2, -0.15) is 0 Å². The van der Waals surface area contributed by atoms with E-state index in [2.05, 4.69) is 4.98 Å². The van der Waals surface area contributed by atoms with E-state index in [0.29, 0.717) is 22.4 Å². The molecule has 3 nitrogen and oxygen atoms in total. The number of aryl methyl sites for hydroxylation is 1. The molecule has 2 aromatic rings. The van der Waals surface area contributed by atoms with Gasteiger partial charge in [0, 0.05) is 23.9 Å². The van der Waals surface area contributed by atoms with Gasteiger partial charge in [0.15, 0.2) is 5.78 Å². The van der Waals surface area contributed by atoms with Gasteiger partial charge in [0.05, 0.1) is 5.69 Å². The number of benzene rings is 1. The maximum atomic E-state index is 13.1. The molecule has 92 valence electrons. The van der Waals surface area contributed by atoms with Crippen molar-refractivity contribution in [2.24, 2.45) is 5.73 Å². The van der Waals surface area contributed by atoms with Gasteiger partial charge in [-0.3, -0.25) is 9.78 Å². The van der Waals surface area contributed by atoms with E-state index >= 15 is 0 Å². The van der Waals surface area contributed by atoms with Crippen LogP contribution in [0.25, 0.3) is 0 Å². The largest absolute Gasteiger partial charge is 0.325 e. The Hall–Kier alpha value is -2.07. The van der Waals surface area contributed by atoms with Crippen LogP contribution >= 0.6 is 0 Å². The Morgan fingerprint density at radius 3 is 2.67 bits per heavy atom. The number of ketones is 1. The van der Waals surface area contributed by atoms with Gasteiger partial charge in [0.1, 0.15) is 5.82 Å². The average molecular weight is 244 g/mol. The Morgan fingerprint density at radius 2 is 2.00 bits per heavy atom. The number of nitrogens with zero attached hydrogens (tertiary/aromatic N) is 1. The summed E-state index contributed by atoms with van der Waals surface area (Å²) in [5, 5.41) is 0. The van der Waals surface area contributed by atoms with Gasteiger partial charge < -0.3 is 5.73 Å². The molecule has 1 aromatic heterocycles. The number of hydrogen-bond donors (Lipinski definition) is 1. The first-order valence-corrected chi connectivity index (χ1v) is 5.57. The number of hydrogen-bond acceptors (Lipinski definition) is 3. The monoisotopic (exact) mass is 244 g/mol. The summed E-state index contributed by atoms with van der Waals surface area (Å²) in [6, 6.07) is 7.60. The predicted molar refractivity (Wildman–Crippen MR) is 66.7 cm³/mol. The first-order chi connectivity index (χ1) is 8.61. The van der Waals surface area contributed by atoms with Crippen LogP contribution in [0.15, 0.2) is 36.5 Å². The second-order valence-corrected chi connectivity index (χ2v) is 4.03. The SMILES string of the molecule is Cc1cc(C(=O)c2ccnc(CN)c2)ccc1F. The quantitative estimate of drug-likeness (QED) is 0.842. The average Bonchev–Trinajstić information content (AvgIpc) is 2.41. The van der Waals surface area contributed by atoms with Crippen molar-refractivity contribution in [3.05, 3.63) is 64.7 Å². The summed E-state index contributed by atoms with van der Waals surface area (Å²) in [5.74, 6) is -0.473. The lowest BCUT2D eigenvalue weighted by atomic mass is 10.0. The number of rotatable bonds is 3. The fourth-order valence-electron chi connectivity index (χ4n) is 1.68. The molecule has 0 aliphatic rings. The van der Waals surface area contributed by atoms with Gasteiger partial charge in [-0.25, -0.2) is 4.39 Å². The Balaban J connectivity index is 2.38. The van der Waals surface area contributed by atoms with Crippen LogP contribution in [0.4, 0.5) is 4.39 Å². The first-order valence-electron chi connectivity index (χ1n) is 5.57. The minimum atomic E-state index is -0.316. The molecule has 1 aromatic carbocycles. The molecular formula is C14H13FN2O. The summed E-state index contributed by atoms with van der Waals surface area (Å²) in [6.07, 6.45) is 1.55. The smallest absolute Gasteiger partial charge is 0.193 e. The summed E-state index contributed by atoms with van der Waals surface area (Å²) in [6.45, 7) is 1.91. The molecule has 0 saturated carbocycles. The fraction of sp³-hybridized carbons (Fsp3) is 0.143. The van der Waals surface area contributed by atoms with Crippen LogP contribution in [0.2, 0.25) is 0 Å². The van der Waals surface area contributed by atoms with Crippen LogP contribution in [0.3, 0.4) is 0 Å². The predicted octanol–water partition coefficient (Wildman–Crippen LogP) is 2.22. The topological polar surface area (TPSA) is 56.0 Å². The third-order valence-electron chi connectivity index (χ3n) is 2.71. The highest BCUT2D eigenvalue weighted by molar-refractivity contribution is 6.09. The molecule has 18 heavy (non-hydrogen) atoms. The van der Waals surface area contributed by atoms with Gasteiger partial charge in [0.2, 0.25) is 0 Å². The van der Waals surface area contributed by atoms with Gasteiger partial charge in [-0.05, 0) is 42.8 Å². The Morgan fingerprint density at radius 1 is 1.28 bits per heavy atom. The molecule has 0 aliphatic carbocycles. The maximum absolute atomic E-state index is 13.1. The van der Waals surface area contributed by atoms with Crippen LogP contribution in [0, 0.1) is 12.7 Å². The van der Waals surface area contributed by atoms with Crippen LogP contribution < -0.4 is 5.73 Å². The number of carbonyl (C=O) groups excluding carboxylic acids is 1. The minimum Gasteiger partial charge on any atom is -0.325 e. The highest BCUT2D eigenvalue weighted by Gasteiger charge is 2.11. The molecule has 0 amide bonds. The van der Waals surface area contributed by atoms with Gasteiger partial charge in [-0.15, -0.1) is 0 Å². The molecule has 0 unspecified atom stereocenters. The molecule has 0 spiro atoms. The Kier molecular flexibility index (Phi) is 3.48. The normalized spacial score (nSPS) is 10.4. The lowest BCUT2D eigenvalue weighted by Gasteiger charge is -2.04. The molecule has 0 aliphatic heterocycles. The van der Waals surface area contributed by atoms with Crippen molar-refractivity contribution in [2.75, 3.05) is 0 Å². The Labute approximate surface area is 104 Å². The lowest BCUT2D eigenvalue weighted by Crippen LogP contribution is -2.06. The van der Waals surface area contributed by atoms with Crippen molar-refractivity contribution < 1.29 is 9.18 Å². The van der Waals surface area contributed by atoms with Crippen LogP contribution in [-0.4, -0.2) is 10.8 Å². The van der Waals surface area contributed by atoms with E-state index < -0.39 is 0 Å². The summed E-state index contributed by atoms with van der Waals surface area (Å²) in [7, 11) is 0. The van der Waals surface area contributed by atoms with Crippen molar-refractivity contribution >= 4 is 5.78 Å². The van der Waals surface area contributed by atoms with Crippen molar-refractivity contribution in [3.63, 3.8) is 0 Å². The van der Waals surface area contributed by atoms with E-state index in [1.54, 1.807) is 31.3 Å². The number of nitrogens with two attached hydrogens (primary N) is 1. The van der Waals surface area contributed by atoms with Crippen LogP contribution in [0.1, 0.15) is 27.2 Å². The van der Waals surface area contributed by atoms with E-state index in [-0.39, 0.29) is 18.1 Å². The van der Waals surface area contributed by atoms with Gasteiger partial charge in [-0.1, -0.05) is 0 Å². The molecule has 0 saturated heterocycles. The first kappa shape index (κ1) is 12.4. The summed E-state index contributed by atoms with van der Waals surface area (Å²) in [5.41, 5.74) is 7.56. The number of halogens is 1. The fourth-order valence-corrected chi connectivity index (χ4v) is 1.68. The molecule has 1 heterocycles. The van der Waals surface area contributed by atoms with Crippen LogP contribution in [-0.2, 0) is 6.54 Å². The summed E-state index contributed by atoms with van der Waals surface area (Å²) in [4.78, 5) is 16.2. The zero-order valence-electron chi connectivity index (χ0n) is 9.98. The molecule has 0 bridgehead atoms. The number of aromatic nitrogens is 1.